The van der Waals surface area contributed by atoms with E-state index in [9.17, 15) is 22.8 Å². The molecule has 4 rings (SSSR count). The summed E-state index contributed by atoms with van der Waals surface area (Å²) in [6.45, 7) is 1.55. The second-order valence-corrected chi connectivity index (χ2v) is 7.07. The molecule has 31 heavy (non-hydrogen) atoms. The van der Waals surface area contributed by atoms with Gasteiger partial charge in [0.05, 0.1) is 17.5 Å². The smallest absolute Gasteiger partial charge is 0.262 e. The van der Waals surface area contributed by atoms with Crippen LogP contribution in [0.4, 0.5) is 13.2 Å². The number of nitrogens with one attached hydrogen (secondary N) is 1. The van der Waals surface area contributed by atoms with Gasteiger partial charge in [-0.05, 0) is 36.8 Å². The molecule has 0 aliphatic heterocycles. The molecule has 0 aliphatic rings. The third kappa shape index (κ3) is 4.09. The van der Waals surface area contributed by atoms with Gasteiger partial charge in [-0.25, -0.2) is 13.2 Å². The molecule has 0 radical (unpaired) electrons. The molecular formula is C23H17F3N2O3. The van der Waals surface area contributed by atoms with Gasteiger partial charge in [-0.2, -0.15) is 0 Å². The first kappa shape index (κ1) is 20.5. The minimum atomic E-state index is -0.782. The van der Waals surface area contributed by atoms with Crippen LogP contribution in [0.1, 0.15) is 27.2 Å². The van der Waals surface area contributed by atoms with E-state index in [-0.39, 0.29) is 46.8 Å². The number of amides is 1. The molecule has 0 bridgehead atoms. The van der Waals surface area contributed by atoms with Gasteiger partial charge in [0.15, 0.2) is 0 Å². The van der Waals surface area contributed by atoms with E-state index in [1.807, 2.05) is 0 Å². The van der Waals surface area contributed by atoms with Gasteiger partial charge in [0.25, 0.3) is 11.5 Å². The van der Waals surface area contributed by atoms with Crippen molar-refractivity contribution in [2.24, 2.45) is 0 Å². The Morgan fingerprint density at radius 3 is 2.45 bits per heavy atom. The lowest BCUT2D eigenvalue weighted by molar-refractivity contribution is 0.0950. The molecule has 158 valence electrons. The normalized spacial score (nSPS) is 11.1. The average molecular weight is 426 g/mol. The summed E-state index contributed by atoms with van der Waals surface area (Å²) in [4.78, 5) is 25.8. The lowest BCUT2D eigenvalue weighted by atomic mass is 10.1. The van der Waals surface area contributed by atoms with E-state index in [2.05, 4.69) is 5.32 Å². The minimum Gasteiger partial charge on any atom is -0.460 e. The van der Waals surface area contributed by atoms with Crippen LogP contribution in [0.25, 0.3) is 11.0 Å². The van der Waals surface area contributed by atoms with E-state index in [0.29, 0.717) is 5.56 Å². The molecule has 8 heteroatoms. The number of furan rings is 1. The van der Waals surface area contributed by atoms with Crippen LogP contribution < -0.4 is 10.9 Å². The van der Waals surface area contributed by atoms with E-state index < -0.39 is 23.1 Å². The Hall–Kier alpha value is -3.81. The van der Waals surface area contributed by atoms with Crippen LogP contribution in [0.5, 0.6) is 0 Å². The Balaban J connectivity index is 1.65. The maximum Gasteiger partial charge on any atom is 0.262 e. The molecule has 0 spiro atoms. The van der Waals surface area contributed by atoms with Crippen molar-refractivity contribution in [3.05, 3.63) is 105 Å². The van der Waals surface area contributed by atoms with Gasteiger partial charge < -0.3 is 14.3 Å². The number of rotatable bonds is 5. The predicted octanol–water partition coefficient (Wildman–Crippen LogP) is 4.30. The van der Waals surface area contributed by atoms with Crippen LogP contribution in [0, 0.1) is 24.4 Å². The number of pyridine rings is 1. The van der Waals surface area contributed by atoms with Crippen LogP contribution in [0.2, 0.25) is 0 Å². The van der Waals surface area contributed by atoms with E-state index in [1.54, 1.807) is 25.1 Å². The number of hydrogen-bond acceptors (Lipinski definition) is 3. The van der Waals surface area contributed by atoms with E-state index >= 15 is 0 Å². The fraction of sp³-hybridized carbons (Fsp3) is 0.130. The highest BCUT2D eigenvalue weighted by Crippen LogP contribution is 2.23. The second-order valence-electron chi connectivity index (χ2n) is 7.07. The van der Waals surface area contributed by atoms with Crippen molar-refractivity contribution in [1.29, 1.82) is 0 Å². The van der Waals surface area contributed by atoms with E-state index in [4.69, 9.17) is 4.42 Å². The van der Waals surface area contributed by atoms with Gasteiger partial charge in [0.2, 0.25) is 0 Å². The number of halogens is 3. The summed E-state index contributed by atoms with van der Waals surface area (Å²) in [5.41, 5.74) is 0.665. The second kappa shape index (κ2) is 8.14. The predicted molar refractivity (Wildman–Crippen MR) is 108 cm³/mol. The molecule has 0 unspecified atom stereocenters. The lowest BCUT2D eigenvalue weighted by Crippen LogP contribution is -2.26. The maximum absolute atomic E-state index is 13.8. The van der Waals surface area contributed by atoms with Crippen LogP contribution in [-0.4, -0.2) is 10.5 Å². The lowest BCUT2D eigenvalue weighted by Gasteiger charge is -2.08. The Morgan fingerprint density at radius 2 is 1.74 bits per heavy atom. The first-order valence-corrected chi connectivity index (χ1v) is 9.42. The molecule has 5 nitrogen and oxygen atoms in total. The van der Waals surface area contributed by atoms with Crippen molar-refractivity contribution in [3.8, 4) is 0 Å². The number of carbonyl (C=O) groups excluding carboxylic acids is 1. The third-order valence-electron chi connectivity index (χ3n) is 4.94. The summed E-state index contributed by atoms with van der Waals surface area (Å²) in [7, 11) is 0. The summed E-state index contributed by atoms with van der Waals surface area (Å²) in [5.74, 6) is -2.25. The molecule has 1 N–H and O–H groups in total. The molecule has 0 aliphatic carbocycles. The van der Waals surface area contributed by atoms with Crippen LogP contribution in [-0.2, 0) is 13.1 Å². The number of carbonyl (C=O) groups is 1. The number of benzene rings is 2. The molecule has 0 saturated heterocycles. The molecule has 4 aromatic rings. The van der Waals surface area contributed by atoms with E-state index in [0.717, 1.165) is 12.1 Å². The number of nitrogens with zero attached hydrogens (tertiary/aromatic N) is 1. The molecule has 2 aromatic heterocycles. The molecule has 0 atom stereocenters. The van der Waals surface area contributed by atoms with Crippen molar-refractivity contribution in [2.75, 3.05) is 0 Å². The van der Waals surface area contributed by atoms with Gasteiger partial charge in [0, 0.05) is 24.4 Å². The fourth-order valence-electron chi connectivity index (χ4n) is 3.38. The summed E-state index contributed by atoms with van der Waals surface area (Å²) in [5, 5.41) is 2.64. The number of fused-ring (bicyclic) bond motifs is 1. The van der Waals surface area contributed by atoms with E-state index in [1.165, 1.54) is 29.0 Å². The molecule has 0 fully saturated rings. The maximum atomic E-state index is 13.8. The zero-order valence-corrected chi connectivity index (χ0v) is 16.4. The first-order valence-electron chi connectivity index (χ1n) is 9.42. The SMILES string of the molecule is Cc1oc2ccn(Cc3ccc(F)cc3)c(=O)c2c1C(=O)NCc1ccc(F)cc1F. The summed E-state index contributed by atoms with van der Waals surface area (Å²) < 4.78 is 47.0. The third-order valence-corrected chi connectivity index (χ3v) is 4.94. The summed E-state index contributed by atoms with van der Waals surface area (Å²) in [6.07, 6.45) is 1.53. The topological polar surface area (TPSA) is 64.2 Å². The zero-order valence-electron chi connectivity index (χ0n) is 16.4. The molecular weight excluding hydrogens is 409 g/mol. The van der Waals surface area contributed by atoms with Gasteiger partial charge >= 0.3 is 0 Å². The highest BCUT2D eigenvalue weighted by Gasteiger charge is 2.22. The van der Waals surface area contributed by atoms with Crippen LogP contribution in [0.15, 0.2) is 63.9 Å². The van der Waals surface area contributed by atoms with Crippen LogP contribution in [0.3, 0.4) is 0 Å². The largest absolute Gasteiger partial charge is 0.460 e. The number of aryl methyl sites for hydroxylation is 1. The average Bonchev–Trinajstić information content (AvgIpc) is 3.07. The zero-order chi connectivity index (χ0) is 22.1. The van der Waals surface area contributed by atoms with Crippen molar-refractivity contribution in [1.82, 2.24) is 9.88 Å². The van der Waals surface area contributed by atoms with Gasteiger partial charge in [-0.1, -0.05) is 18.2 Å². The molecule has 1 amide bonds. The monoisotopic (exact) mass is 426 g/mol. The standard InChI is InChI=1S/C23H17F3N2O3/c1-13-20(22(29)27-11-15-4-7-17(25)10-18(15)26)21-19(31-13)8-9-28(23(21)30)12-14-2-5-16(24)6-3-14/h2-10H,11-12H2,1H3,(H,27,29). The minimum absolute atomic E-state index is 0.0518. The van der Waals surface area contributed by atoms with Crippen molar-refractivity contribution in [3.63, 3.8) is 0 Å². The first-order chi connectivity index (χ1) is 14.8. The van der Waals surface area contributed by atoms with Crippen molar-refractivity contribution in [2.45, 2.75) is 20.0 Å². The number of hydrogen-bond donors (Lipinski definition) is 1. The Morgan fingerprint density at radius 1 is 1.03 bits per heavy atom. The summed E-state index contributed by atoms with van der Waals surface area (Å²) in [6, 6.07) is 10.4. The van der Waals surface area contributed by atoms with Gasteiger partial charge in [-0.15, -0.1) is 0 Å². The quantitative estimate of drug-likeness (QED) is 0.518. The summed E-state index contributed by atoms with van der Waals surface area (Å²) >= 11 is 0. The van der Waals surface area contributed by atoms with Crippen LogP contribution >= 0.6 is 0 Å². The Labute approximate surface area is 174 Å². The molecule has 2 heterocycles. The van der Waals surface area contributed by atoms with Crippen molar-refractivity contribution < 1.29 is 22.4 Å². The highest BCUT2D eigenvalue weighted by molar-refractivity contribution is 6.06. The Bertz CT molecular complexity index is 1340. The van der Waals surface area contributed by atoms with Crippen molar-refractivity contribution >= 4 is 16.9 Å². The fourth-order valence-corrected chi connectivity index (χ4v) is 3.38. The van der Waals surface area contributed by atoms with Gasteiger partial charge in [0.1, 0.15) is 28.8 Å². The molecule has 0 saturated carbocycles. The van der Waals surface area contributed by atoms with Gasteiger partial charge in [-0.3, -0.25) is 9.59 Å². The highest BCUT2D eigenvalue weighted by atomic mass is 19.1. The Kier molecular flexibility index (Phi) is 5.37. The molecule has 2 aromatic carbocycles. The number of aromatic nitrogens is 1.